The summed E-state index contributed by atoms with van der Waals surface area (Å²) in [7, 11) is 0. The molecule has 2 atom stereocenters. The molecule has 0 aliphatic rings. The third kappa shape index (κ3) is 52.0. The van der Waals surface area contributed by atoms with Crippen LogP contribution >= 0.6 is 0 Å². The second kappa shape index (κ2) is 56.2. The van der Waals surface area contributed by atoms with Gasteiger partial charge in [-0.15, -0.1) is 0 Å². The maximum atomic E-state index is 12.5. The number of allylic oxidation sites excluding steroid dienone is 2. The summed E-state index contributed by atoms with van der Waals surface area (Å²) in [4.78, 5) is 24.4. The molecule has 3 N–H and O–H groups in total. The summed E-state index contributed by atoms with van der Waals surface area (Å²) in [6.45, 7) is 4.93. The van der Waals surface area contributed by atoms with Gasteiger partial charge in [-0.2, -0.15) is 0 Å². The lowest BCUT2D eigenvalue weighted by Gasteiger charge is -2.22. The monoisotopic (exact) mass is 932 g/mol. The first kappa shape index (κ1) is 64.6. The Morgan fingerprint density at radius 3 is 1.12 bits per heavy atom. The smallest absolute Gasteiger partial charge is 0.305 e. The van der Waals surface area contributed by atoms with Crippen LogP contribution in [0.3, 0.4) is 0 Å². The lowest BCUT2D eigenvalue weighted by atomic mass is 10.0. The van der Waals surface area contributed by atoms with Gasteiger partial charge in [-0.25, -0.2) is 0 Å². The van der Waals surface area contributed by atoms with Gasteiger partial charge in [0.1, 0.15) is 0 Å². The number of hydrogen-bond donors (Lipinski definition) is 3. The van der Waals surface area contributed by atoms with E-state index < -0.39 is 12.1 Å². The molecule has 0 aromatic carbocycles. The van der Waals surface area contributed by atoms with Gasteiger partial charge in [0.2, 0.25) is 5.91 Å². The third-order valence-corrected chi connectivity index (χ3v) is 14.1. The molecule has 0 aromatic heterocycles. The fourth-order valence-electron chi connectivity index (χ4n) is 9.45. The molecule has 0 radical (unpaired) electrons. The van der Waals surface area contributed by atoms with Crippen LogP contribution in [0.5, 0.6) is 0 Å². The van der Waals surface area contributed by atoms with Gasteiger partial charge < -0.3 is 20.3 Å². The normalized spacial score (nSPS) is 12.6. The summed E-state index contributed by atoms with van der Waals surface area (Å²) < 4.78 is 5.46. The lowest BCUT2D eigenvalue weighted by molar-refractivity contribution is -0.143. The third-order valence-electron chi connectivity index (χ3n) is 14.1. The van der Waals surface area contributed by atoms with E-state index in [-0.39, 0.29) is 18.5 Å². The Kier molecular flexibility index (Phi) is 55.0. The van der Waals surface area contributed by atoms with Gasteiger partial charge in [-0.05, 0) is 44.9 Å². The number of nitrogens with one attached hydrogen (secondary N) is 1. The summed E-state index contributed by atoms with van der Waals surface area (Å²) in [6.07, 6.45) is 66.5. The van der Waals surface area contributed by atoms with Crippen molar-refractivity contribution < 1.29 is 24.5 Å². The van der Waals surface area contributed by atoms with Crippen LogP contribution in [0.25, 0.3) is 0 Å². The minimum atomic E-state index is -0.661. The molecule has 6 nitrogen and oxygen atoms in total. The molecule has 0 bridgehead atoms. The first-order valence-electron chi connectivity index (χ1n) is 29.9. The standard InChI is InChI=1S/C60H117NO5/c1-3-5-7-9-11-13-15-29-33-36-40-44-48-52-58(63)57(56-62)61-59(64)53-49-45-41-37-34-30-27-25-23-21-19-17-16-18-20-22-24-26-28-31-35-39-43-47-51-55-66-60(65)54-50-46-42-38-32-14-12-10-8-6-4-2/h10,12,57-58,62-63H,3-9,11,13-56H2,1-2H3,(H,61,64)/b12-10-. The highest BCUT2D eigenvalue weighted by atomic mass is 16.5. The average molecular weight is 933 g/mol. The predicted octanol–water partition coefficient (Wildman–Crippen LogP) is 18.5. The Morgan fingerprint density at radius 1 is 0.409 bits per heavy atom. The molecule has 1 amide bonds. The van der Waals surface area contributed by atoms with E-state index in [9.17, 15) is 19.8 Å². The van der Waals surface area contributed by atoms with E-state index in [1.165, 1.54) is 257 Å². The van der Waals surface area contributed by atoms with Crippen molar-refractivity contribution in [1.29, 1.82) is 0 Å². The first-order valence-corrected chi connectivity index (χ1v) is 29.9. The van der Waals surface area contributed by atoms with Crippen LogP contribution < -0.4 is 5.32 Å². The number of aliphatic hydroxyl groups is 2. The molecule has 0 fully saturated rings. The van der Waals surface area contributed by atoms with Gasteiger partial charge in [0, 0.05) is 12.8 Å². The topological polar surface area (TPSA) is 95.9 Å². The van der Waals surface area contributed by atoms with Crippen LogP contribution in [0.15, 0.2) is 12.2 Å². The number of carbonyl (C=O) groups excluding carboxylic acids is 2. The van der Waals surface area contributed by atoms with Gasteiger partial charge in [-0.3, -0.25) is 9.59 Å². The number of rotatable bonds is 56. The highest BCUT2D eigenvalue weighted by Crippen LogP contribution is 2.18. The van der Waals surface area contributed by atoms with E-state index in [0.717, 1.165) is 44.9 Å². The predicted molar refractivity (Wildman–Crippen MR) is 287 cm³/mol. The molecule has 0 aliphatic carbocycles. The second-order valence-corrected chi connectivity index (χ2v) is 20.7. The largest absolute Gasteiger partial charge is 0.466 e. The van der Waals surface area contributed by atoms with Gasteiger partial charge >= 0.3 is 5.97 Å². The molecule has 0 saturated carbocycles. The minimum absolute atomic E-state index is 0.00564. The van der Waals surface area contributed by atoms with Gasteiger partial charge in [0.25, 0.3) is 0 Å². The van der Waals surface area contributed by atoms with Crippen LogP contribution in [-0.2, 0) is 14.3 Å². The Bertz CT molecular complexity index is 986. The van der Waals surface area contributed by atoms with Gasteiger partial charge in [-0.1, -0.05) is 289 Å². The van der Waals surface area contributed by atoms with E-state index in [0.29, 0.717) is 25.9 Å². The second-order valence-electron chi connectivity index (χ2n) is 20.7. The van der Waals surface area contributed by atoms with Crippen LogP contribution in [0, 0.1) is 0 Å². The molecular weight excluding hydrogens is 815 g/mol. The van der Waals surface area contributed by atoms with Gasteiger partial charge in [0.15, 0.2) is 0 Å². The van der Waals surface area contributed by atoms with Crippen molar-refractivity contribution >= 4 is 11.9 Å². The van der Waals surface area contributed by atoms with E-state index in [1.807, 2.05) is 0 Å². The molecule has 392 valence electrons. The number of hydrogen-bond acceptors (Lipinski definition) is 5. The Morgan fingerprint density at radius 2 is 0.727 bits per heavy atom. The summed E-state index contributed by atoms with van der Waals surface area (Å²) >= 11 is 0. The van der Waals surface area contributed by atoms with E-state index in [2.05, 4.69) is 31.3 Å². The Labute approximate surface area is 412 Å². The number of aliphatic hydroxyl groups excluding tert-OH is 2. The summed E-state index contributed by atoms with van der Waals surface area (Å²) in [5.74, 6) is -0.0262. The van der Waals surface area contributed by atoms with E-state index in [4.69, 9.17) is 4.74 Å². The SMILES string of the molecule is CCCC/C=C\CCCCCCCC(=O)OCCCCCCCCCCCCCCCCCCCCCCCCCCCC(=O)NC(CO)C(O)CCCCCCCCCCCCCCC. The number of carbonyl (C=O) groups is 2. The zero-order valence-corrected chi connectivity index (χ0v) is 44.7. The number of amides is 1. The molecule has 0 aliphatic heterocycles. The van der Waals surface area contributed by atoms with Crippen molar-refractivity contribution in [2.45, 2.75) is 347 Å². The van der Waals surface area contributed by atoms with Crippen molar-refractivity contribution in [1.82, 2.24) is 5.32 Å². The molecule has 0 aromatic rings. The Balaban J connectivity index is 3.35. The van der Waals surface area contributed by atoms with E-state index in [1.54, 1.807) is 0 Å². The maximum absolute atomic E-state index is 12.5. The van der Waals surface area contributed by atoms with Crippen molar-refractivity contribution in [3.63, 3.8) is 0 Å². The summed E-state index contributed by atoms with van der Waals surface area (Å²) in [5, 5.41) is 23.2. The molecule has 66 heavy (non-hydrogen) atoms. The number of ether oxygens (including phenoxy) is 1. The van der Waals surface area contributed by atoms with Crippen LogP contribution in [0.1, 0.15) is 335 Å². The fourth-order valence-corrected chi connectivity index (χ4v) is 9.45. The lowest BCUT2D eigenvalue weighted by Crippen LogP contribution is -2.45. The van der Waals surface area contributed by atoms with Crippen molar-refractivity contribution in [3.8, 4) is 0 Å². The molecule has 0 heterocycles. The highest BCUT2D eigenvalue weighted by molar-refractivity contribution is 5.76. The highest BCUT2D eigenvalue weighted by Gasteiger charge is 2.20. The van der Waals surface area contributed by atoms with Crippen molar-refractivity contribution in [2.75, 3.05) is 13.2 Å². The van der Waals surface area contributed by atoms with Crippen LogP contribution in [0.4, 0.5) is 0 Å². The zero-order valence-electron chi connectivity index (χ0n) is 44.7. The molecule has 0 saturated heterocycles. The minimum Gasteiger partial charge on any atom is -0.466 e. The van der Waals surface area contributed by atoms with Crippen molar-refractivity contribution in [3.05, 3.63) is 12.2 Å². The number of unbranched alkanes of at least 4 members (excludes halogenated alkanes) is 43. The average Bonchev–Trinajstić information content (AvgIpc) is 3.32. The van der Waals surface area contributed by atoms with Gasteiger partial charge in [0.05, 0.1) is 25.4 Å². The summed E-state index contributed by atoms with van der Waals surface area (Å²) in [6, 6.07) is -0.538. The van der Waals surface area contributed by atoms with E-state index >= 15 is 0 Å². The molecule has 2 unspecified atom stereocenters. The molecule has 0 spiro atoms. The van der Waals surface area contributed by atoms with Crippen molar-refractivity contribution in [2.24, 2.45) is 0 Å². The molecule has 6 heteroatoms. The molecule has 0 rings (SSSR count). The molecular formula is C60H117NO5. The number of esters is 1. The zero-order chi connectivity index (χ0) is 47.9. The maximum Gasteiger partial charge on any atom is 0.305 e. The van der Waals surface area contributed by atoms with Crippen LogP contribution in [-0.4, -0.2) is 47.4 Å². The first-order chi connectivity index (χ1) is 32.5. The summed E-state index contributed by atoms with van der Waals surface area (Å²) in [5.41, 5.74) is 0. The quantitative estimate of drug-likeness (QED) is 0.0321. The Hall–Kier alpha value is -1.40. The van der Waals surface area contributed by atoms with Crippen LogP contribution in [0.2, 0.25) is 0 Å². The fraction of sp³-hybridized carbons (Fsp3) is 0.933.